The lowest BCUT2D eigenvalue weighted by Crippen LogP contribution is -2.34. The van der Waals surface area contributed by atoms with Gasteiger partial charge in [-0.15, -0.1) is 0 Å². The highest BCUT2D eigenvalue weighted by molar-refractivity contribution is 6.33. The number of aliphatic hydroxyl groups excluding tert-OH is 1. The molecule has 1 aromatic carbocycles. The second kappa shape index (κ2) is 6.67. The van der Waals surface area contributed by atoms with E-state index in [2.05, 4.69) is 39.2 Å². The minimum absolute atomic E-state index is 0.259. The Kier molecular flexibility index (Phi) is 4.06. The number of benzene rings is 1. The number of nitrogens with zero attached hydrogens (tertiary/aromatic N) is 2. The van der Waals surface area contributed by atoms with Crippen molar-refractivity contribution in [1.29, 1.82) is 0 Å². The van der Waals surface area contributed by atoms with Gasteiger partial charge in [-0.1, -0.05) is 35.9 Å². The minimum Gasteiger partial charge on any atom is -0.456 e. The molecule has 0 unspecified atom stereocenters. The largest absolute Gasteiger partial charge is 0.456 e. The highest BCUT2D eigenvalue weighted by Crippen LogP contribution is 2.41. The Morgan fingerprint density at radius 1 is 1.07 bits per heavy atom. The Hall–Kier alpha value is -2.19. The van der Waals surface area contributed by atoms with Crippen LogP contribution in [-0.2, 0) is 9.47 Å². The van der Waals surface area contributed by atoms with E-state index in [1.807, 2.05) is 6.07 Å². The number of hydrogen-bond acceptors (Lipinski definition) is 6. The quantitative estimate of drug-likeness (QED) is 0.683. The number of aromatic nitrogens is 3. The van der Waals surface area contributed by atoms with Crippen LogP contribution in [0.4, 0.5) is 0 Å². The summed E-state index contributed by atoms with van der Waals surface area (Å²) in [6.45, 7) is 0.603. The first-order chi connectivity index (χ1) is 14.2. The molecule has 3 aromatic rings. The highest BCUT2D eigenvalue weighted by Gasteiger charge is 2.48. The number of hydrogen-bond donors (Lipinski definition) is 2. The standard InChI is InChI=1S/C21H20ClN3O4/c22-13-7-14-20(24-17(13)12-5-3-11(4-6-12)10-1-2-10)25-21(23-14)29-16-9-28-18-15(26)8-27-19(16)18/h3-7,10,15-16,18-19,26H,1-2,8-9H2,(H,23,24,25)/t15-,16-,18-,19-/m1/s1. The van der Waals surface area contributed by atoms with Crippen molar-refractivity contribution in [2.45, 2.75) is 43.2 Å². The number of imidazole rings is 1. The topological polar surface area (TPSA) is 89.5 Å². The van der Waals surface area contributed by atoms with Gasteiger partial charge in [0.15, 0.2) is 11.8 Å². The molecule has 0 amide bonds. The Morgan fingerprint density at radius 2 is 1.86 bits per heavy atom. The van der Waals surface area contributed by atoms with Gasteiger partial charge >= 0.3 is 0 Å². The van der Waals surface area contributed by atoms with E-state index in [4.69, 9.17) is 25.8 Å². The molecule has 6 rings (SSSR count). The molecule has 8 heteroatoms. The van der Waals surface area contributed by atoms with Crippen LogP contribution < -0.4 is 4.74 Å². The number of pyridine rings is 1. The van der Waals surface area contributed by atoms with Gasteiger partial charge in [0.25, 0.3) is 6.01 Å². The van der Waals surface area contributed by atoms with E-state index in [0.717, 1.165) is 5.56 Å². The molecule has 1 saturated carbocycles. The molecule has 0 radical (unpaired) electrons. The summed E-state index contributed by atoms with van der Waals surface area (Å²) in [6.07, 6.45) is 0.967. The van der Waals surface area contributed by atoms with E-state index in [-0.39, 0.29) is 24.9 Å². The SMILES string of the molecule is O[C@@H]1CO[C@H]2[C@@H]1OC[C@H]2Oc1nc2nc(-c3ccc(C4CC4)cc3)c(Cl)cc2[nH]1. The third kappa shape index (κ3) is 3.09. The lowest BCUT2D eigenvalue weighted by Gasteiger charge is -2.15. The van der Waals surface area contributed by atoms with E-state index in [1.165, 1.54) is 18.4 Å². The van der Waals surface area contributed by atoms with E-state index >= 15 is 0 Å². The predicted octanol–water partition coefficient (Wildman–Crippen LogP) is 3.06. The first-order valence-electron chi connectivity index (χ1n) is 9.90. The van der Waals surface area contributed by atoms with Crippen LogP contribution in [0.2, 0.25) is 5.02 Å². The number of rotatable bonds is 4. The summed E-state index contributed by atoms with van der Waals surface area (Å²) in [5, 5.41) is 10.4. The summed E-state index contributed by atoms with van der Waals surface area (Å²) in [7, 11) is 0. The van der Waals surface area contributed by atoms with Gasteiger partial charge in [-0.2, -0.15) is 4.98 Å². The van der Waals surface area contributed by atoms with Crippen molar-refractivity contribution in [2.24, 2.45) is 0 Å². The summed E-state index contributed by atoms with van der Waals surface area (Å²) < 4.78 is 17.1. The van der Waals surface area contributed by atoms with Crippen LogP contribution in [0.5, 0.6) is 6.01 Å². The van der Waals surface area contributed by atoms with Crippen molar-refractivity contribution in [1.82, 2.24) is 15.0 Å². The fourth-order valence-electron chi connectivity index (χ4n) is 4.17. The Labute approximate surface area is 172 Å². The normalized spacial score (nSPS) is 28.8. The second-order valence-electron chi connectivity index (χ2n) is 7.95. The Bertz CT molecular complexity index is 1070. The molecule has 3 aliphatic rings. The molecule has 3 fully saturated rings. The zero-order valence-corrected chi connectivity index (χ0v) is 16.3. The summed E-state index contributed by atoms with van der Waals surface area (Å²) in [5.41, 5.74) is 4.27. The van der Waals surface area contributed by atoms with E-state index in [9.17, 15) is 5.11 Å². The van der Waals surface area contributed by atoms with Gasteiger partial charge in [0.05, 0.1) is 29.4 Å². The monoisotopic (exact) mass is 413 g/mol. The summed E-state index contributed by atoms with van der Waals surface area (Å²) in [5.74, 6) is 0.713. The molecule has 0 bridgehead atoms. The molecule has 4 atom stereocenters. The van der Waals surface area contributed by atoms with E-state index < -0.39 is 6.10 Å². The number of halogens is 1. The molecular formula is C21H20ClN3O4. The van der Waals surface area contributed by atoms with Crippen LogP contribution in [0.15, 0.2) is 30.3 Å². The van der Waals surface area contributed by atoms with Crippen LogP contribution in [-0.4, -0.2) is 57.7 Å². The van der Waals surface area contributed by atoms with E-state index in [1.54, 1.807) is 0 Å². The van der Waals surface area contributed by atoms with E-state index in [0.29, 0.717) is 40.4 Å². The van der Waals surface area contributed by atoms with Crippen molar-refractivity contribution >= 4 is 22.8 Å². The van der Waals surface area contributed by atoms with Crippen LogP contribution in [0.1, 0.15) is 24.3 Å². The molecule has 2 N–H and O–H groups in total. The summed E-state index contributed by atoms with van der Waals surface area (Å²) >= 11 is 6.50. The smallest absolute Gasteiger partial charge is 0.296 e. The first kappa shape index (κ1) is 17.7. The van der Waals surface area contributed by atoms with Crippen LogP contribution in [0, 0.1) is 0 Å². The predicted molar refractivity (Wildman–Crippen MR) is 106 cm³/mol. The van der Waals surface area contributed by atoms with Crippen LogP contribution >= 0.6 is 11.6 Å². The van der Waals surface area contributed by atoms with Crippen molar-refractivity contribution in [2.75, 3.05) is 13.2 Å². The molecule has 150 valence electrons. The molecule has 29 heavy (non-hydrogen) atoms. The average Bonchev–Trinajstić information content (AvgIpc) is 3.24. The summed E-state index contributed by atoms with van der Waals surface area (Å²) in [4.78, 5) is 12.2. The lowest BCUT2D eigenvalue weighted by molar-refractivity contribution is 0.00706. The van der Waals surface area contributed by atoms with Crippen molar-refractivity contribution in [3.63, 3.8) is 0 Å². The van der Waals surface area contributed by atoms with Gasteiger partial charge in [0, 0.05) is 5.56 Å². The number of fused-ring (bicyclic) bond motifs is 2. The van der Waals surface area contributed by atoms with Gasteiger partial charge in [-0.25, -0.2) is 4.98 Å². The van der Waals surface area contributed by atoms with Crippen LogP contribution in [0.25, 0.3) is 22.4 Å². The Morgan fingerprint density at radius 3 is 2.66 bits per heavy atom. The fourth-order valence-corrected chi connectivity index (χ4v) is 4.43. The molecule has 1 aliphatic carbocycles. The maximum atomic E-state index is 9.86. The van der Waals surface area contributed by atoms with Gasteiger partial charge < -0.3 is 24.3 Å². The second-order valence-corrected chi connectivity index (χ2v) is 8.35. The first-order valence-corrected chi connectivity index (χ1v) is 10.3. The average molecular weight is 414 g/mol. The number of H-pyrrole nitrogens is 1. The number of aromatic amines is 1. The maximum Gasteiger partial charge on any atom is 0.296 e. The third-order valence-electron chi connectivity index (χ3n) is 5.88. The number of aliphatic hydroxyl groups is 1. The van der Waals surface area contributed by atoms with Gasteiger partial charge in [-0.3, -0.25) is 0 Å². The van der Waals surface area contributed by atoms with Crippen molar-refractivity contribution < 1.29 is 19.3 Å². The van der Waals surface area contributed by atoms with Crippen molar-refractivity contribution in [3.05, 3.63) is 40.9 Å². The number of nitrogens with one attached hydrogen (secondary N) is 1. The van der Waals surface area contributed by atoms with Gasteiger partial charge in [0.1, 0.15) is 18.3 Å². The van der Waals surface area contributed by atoms with Crippen LogP contribution in [0.3, 0.4) is 0 Å². The lowest BCUT2D eigenvalue weighted by atomic mass is 10.1. The molecule has 0 spiro atoms. The van der Waals surface area contributed by atoms with Gasteiger partial charge in [-0.05, 0) is 30.4 Å². The molecule has 2 aliphatic heterocycles. The summed E-state index contributed by atoms with van der Waals surface area (Å²) in [6, 6.07) is 10.6. The van der Waals surface area contributed by atoms with Crippen molar-refractivity contribution in [3.8, 4) is 17.3 Å². The fraction of sp³-hybridized carbons (Fsp3) is 0.429. The maximum absolute atomic E-state index is 9.86. The zero-order chi connectivity index (χ0) is 19.5. The molecule has 2 aromatic heterocycles. The molecule has 2 saturated heterocycles. The highest BCUT2D eigenvalue weighted by atomic mass is 35.5. The minimum atomic E-state index is -0.612. The Balaban J connectivity index is 1.27. The zero-order valence-electron chi connectivity index (χ0n) is 15.5. The molecular weight excluding hydrogens is 394 g/mol. The number of ether oxygens (including phenoxy) is 3. The van der Waals surface area contributed by atoms with Gasteiger partial charge in [0.2, 0.25) is 0 Å². The molecule has 4 heterocycles. The third-order valence-corrected chi connectivity index (χ3v) is 6.17. The molecule has 7 nitrogen and oxygen atoms in total.